The highest BCUT2D eigenvalue weighted by Crippen LogP contribution is 2.13. The van der Waals surface area contributed by atoms with E-state index in [0.29, 0.717) is 5.76 Å². The Morgan fingerprint density at radius 2 is 1.96 bits per heavy atom. The van der Waals surface area contributed by atoms with Gasteiger partial charge in [-0.25, -0.2) is 8.42 Å². The van der Waals surface area contributed by atoms with E-state index in [4.69, 9.17) is 9.15 Å². The molecule has 0 spiro atoms. The fraction of sp³-hybridized carbons (Fsp3) is 0.312. The lowest BCUT2D eigenvalue weighted by atomic mass is 10.2. The first-order chi connectivity index (χ1) is 10.9. The van der Waals surface area contributed by atoms with Crippen molar-refractivity contribution in [2.24, 2.45) is 0 Å². The molecule has 2 aromatic rings. The maximum Gasteiger partial charge on any atom is 0.324 e. The summed E-state index contributed by atoms with van der Waals surface area (Å²) in [5.74, 6) is -0.144. The van der Waals surface area contributed by atoms with Gasteiger partial charge in [-0.15, -0.1) is 0 Å². The molecule has 0 saturated carbocycles. The maximum atomic E-state index is 12.4. The summed E-state index contributed by atoms with van der Waals surface area (Å²) in [7, 11) is -3.84. The molecular formula is C16H19NO5S. The topological polar surface area (TPSA) is 85.6 Å². The molecule has 0 amide bonds. The molecule has 7 heteroatoms. The molecule has 0 aliphatic heterocycles. The number of furan rings is 1. The van der Waals surface area contributed by atoms with Crippen LogP contribution in [0.5, 0.6) is 0 Å². The molecule has 23 heavy (non-hydrogen) atoms. The lowest BCUT2D eigenvalue weighted by Gasteiger charge is -2.16. The molecule has 0 saturated heterocycles. The number of carbonyl (C=O) groups excluding carboxylic acids is 1. The van der Waals surface area contributed by atoms with Gasteiger partial charge in [0.05, 0.1) is 17.8 Å². The van der Waals surface area contributed by atoms with E-state index in [1.165, 1.54) is 18.4 Å². The summed E-state index contributed by atoms with van der Waals surface area (Å²) in [5.41, 5.74) is 0.946. The smallest absolute Gasteiger partial charge is 0.324 e. The van der Waals surface area contributed by atoms with E-state index in [-0.39, 0.29) is 17.9 Å². The van der Waals surface area contributed by atoms with E-state index in [1.54, 1.807) is 31.2 Å². The van der Waals surface area contributed by atoms with Crippen LogP contribution in [0.25, 0.3) is 0 Å². The molecule has 1 aromatic carbocycles. The van der Waals surface area contributed by atoms with Gasteiger partial charge in [0.15, 0.2) is 0 Å². The second-order valence-corrected chi connectivity index (χ2v) is 6.74. The van der Waals surface area contributed by atoms with Gasteiger partial charge < -0.3 is 9.15 Å². The average molecular weight is 337 g/mol. The first-order valence-electron chi connectivity index (χ1n) is 7.20. The lowest BCUT2D eigenvalue weighted by Crippen LogP contribution is -2.43. The van der Waals surface area contributed by atoms with Crippen LogP contribution in [0.4, 0.5) is 0 Å². The first kappa shape index (κ1) is 17.2. The molecule has 124 valence electrons. The molecule has 1 N–H and O–H groups in total. The number of nitrogens with one attached hydrogen (secondary N) is 1. The zero-order valence-corrected chi connectivity index (χ0v) is 13.8. The summed E-state index contributed by atoms with van der Waals surface area (Å²) in [6, 6.07) is 8.67. The van der Waals surface area contributed by atoms with Crippen LogP contribution in [0.1, 0.15) is 18.2 Å². The van der Waals surface area contributed by atoms with Crippen molar-refractivity contribution in [3.8, 4) is 0 Å². The highest BCUT2D eigenvalue weighted by atomic mass is 32.2. The maximum absolute atomic E-state index is 12.4. The number of hydrogen-bond acceptors (Lipinski definition) is 5. The third-order valence-corrected chi connectivity index (χ3v) is 4.67. The largest absolute Gasteiger partial charge is 0.469 e. The van der Waals surface area contributed by atoms with Crippen molar-refractivity contribution in [2.75, 3.05) is 6.61 Å². The van der Waals surface area contributed by atoms with Crippen LogP contribution in [0.2, 0.25) is 0 Å². The van der Waals surface area contributed by atoms with Gasteiger partial charge in [-0.3, -0.25) is 4.79 Å². The summed E-state index contributed by atoms with van der Waals surface area (Å²) in [4.78, 5) is 12.1. The Labute approximate surface area is 135 Å². The average Bonchev–Trinajstić information content (AvgIpc) is 3.00. The summed E-state index contributed by atoms with van der Waals surface area (Å²) in [6.07, 6.45) is 1.54. The highest BCUT2D eigenvalue weighted by molar-refractivity contribution is 7.89. The third kappa shape index (κ3) is 4.67. The van der Waals surface area contributed by atoms with Gasteiger partial charge in [-0.2, -0.15) is 4.72 Å². The predicted octanol–water partition coefficient (Wildman–Crippen LogP) is 2.04. The molecule has 0 aliphatic carbocycles. The van der Waals surface area contributed by atoms with E-state index in [2.05, 4.69) is 4.72 Å². The fourth-order valence-electron chi connectivity index (χ4n) is 2.02. The zero-order chi connectivity index (χ0) is 16.9. The number of esters is 1. The summed E-state index contributed by atoms with van der Waals surface area (Å²) in [6.45, 7) is 3.69. The van der Waals surface area contributed by atoms with Crippen molar-refractivity contribution < 1.29 is 22.4 Å². The lowest BCUT2D eigenvalue weighted by molar-refractivity contribution is -0.145. The number of sulfonamides is 1. The second kappa shape index (κ2) is 7.43. The molecule has 0 radical (unpaired) electrons. The normalized spacial score (nSPS) is 12.8. The molecule has 1 heterocycles. The molecule has 6 nitrogen and oxygen atoms in total. The van der Waals surface area contributed by atoms with Crippen molar-refractivity contribution in [2.45, 2.75) is 31.2 Å². The summed E-state index contributed by atoms with van der Waals surface area (Å²) >= 11 is 0. The second-order valence-electron chi connectivity index (χ2n) is 5.02. The van der Waals surface area contributed by atoms with Crippen LogP contribution in [0, 0.1) is 6.92 Å². The third-order valence-electron chi connectivity index (χ3n) is 3.19. The van der Waals surface area contributed by atoms with Crippen LogP contribution < -0.4 is 4.72 Å². The van der Waals surface area contributed by atoms with Crippen LogP contribution in [0.15, 0.2) is 52.0 Å². The van der Waals surface area contributed by atoms with Crippen LogP contribution in [-0.2, 0) is 26.0 Å². The molecule has 1 aromatic heterocycles. The molecule has 1 atom stereocenters. The standard InChI is InChI=1S/C16H19NO5S/c1-3-21-16(18)15(11-13-5-4-10-22-13)17-23(19,20)14-8-6-12(2)7-9-14/h4-10,15,17H,3,11H2,1-2H3/t15-/m0/s1. The Bertz CT molecular complexity index is 735. The Morgan fingerprint density at radius 3 is 2.52 bits per heavy atom. The summed E-state index contributed by atoms with van der Waals surface area (Å²) in [5, 5.41) is 0. The van der Waals surface area contributed by atoms with E-state index in [1.807, 2.05) is 6.92 Å². The minimum absolute atomic E-state index is 0.0803. The van der Waals surface area contributed by atoms with E-state index in [0.717, 1.165) is 5.56 Å². The molecular weight excluding hydrogens is 318 g/mol. The van der Waals surface area contributed by atoms with Gasteiger partial charge in [0, 0.05) is 6.42 Å². The van der Waals surface area contributed by atoms with Gasteiger partial charge in [0.25, 0.3) is 0 Å². The zero-order valence-electron chi connectivity index (χ0n) is 13.0. The number of aryl methyl sites for hydroxylation is 1. The van der Waals surface area contributed by atoms with Gasteiger partial charge in [-0.05, 0) is 38.1 Å². The van der Waals surface area contributed by atoms with Crippen molar-refractivity contribution in [3.63, 3.8) is 0 Å². The van der Waals surface area contributed by atoms with E-state index >= 15 is 0 Å². The Hall–Kier alpha value is -2.12. The van der Waals surface area contributed by atoms with Gasteiger partial charge in [0.1, 0.15) is 11.8 Å². The molecule has 0 aliphatic rings. The van der Waals surface area contributed by atoms with Crippen molar-refractivity contribution in [1.29, 1.82) is 0 Å². The highest BCUT2D eigenvalue weighted by Gasteiger charge is 2.27. The Balaban J connectivity index is 2.21. The number of benzene rings is 1. The summed E-state index contributed by atoms with van der Waals surface area (Å²) < 4.78 is 37.4. The number of hydrogen-bond donors (Lipinski definition) is 1. The molecule has 0 fully saturated rings. The van der Waals surface area contributed by atoms with Gasteiger partial charge in [0.2, 0.25) is 10.0 Å². The number of ether oxygens (including phenoxy) is 1. The van der Waals surface area contributed by atoms with E-state index < -0.39 is 22.0 Å². The first-order valence-corrected chi connectivity index (χ1v) is 8.68. The van der Waals surface area contributed by atoms with Gasteiger partial charge >= 0.3 is 5.97 Å². The van der Waals surface area contributed by atoms with Crippen molar-refractivity contribution in [3.05, 3.63) is 54.0 Å². The quantitative estimate of drug-likeness (QED) is 0.782. The van der Waals surface area contributed by atoms with Crippen molar-refractivity contribution >= 4 is 16.0 Å². The minimum Gasteiger partial charge on any atom is -0.469 e. The fourth-order valence-corrected chi connectivity index (χ4v) is 3.20. The van der Waals surface area contributed by atoms with Crippen LogP contribution >= 0.6 is 0 Å². The van der Waals surface area contributed by atoms with Crippen LogP contribution in [-0.4, -0.2) is 27.0 Å². The predicted molar refractivity (Wildman–Crippen MR) is 84.3 cm³/mol. The SMILES string of the molecule is CCOC(=O)[C@H](Cc1ccco1)NS(=O)(=O)c1ccc(C)cc1. The number of carbonyl (C=O) groups is 1. The molecule has 2 rings (SSSR count). The van der Waals surface area contributed by atoms with E-state index in [9.17, 15) is 13.2 Å². The minimum atomic E-state index is -3.84. The molecule has 0 unspecified atom stereocenters. The van der Waals surface area contributed by atoms with Crippen molar-refractivity contribution in [1.82, 2.24) is 4.72 Å². The Morgan fingerprint density at radius 1 is 1.26 bits per heavy atom. The number of rotatable bonds is 7. The van der Waals surface area contributed by atoms with Crippen LogP contribution in [0.3, 0.4) is 0 Å². The monoisotopic (exact) mass is 337 g/mol. The Kier molecular flexibility index (Phi) is 5.57. The molecule has 0 bridgehead atoms. The van der Waals surface area contributed by atoms with Gasteiger partial charge in [-0.1, -0.05) is 17.7 Å².